The molecule has 5 heteroatoms. The van der Waals surface area contributed by atoms with Crippen LogP contribution in [0.3, 0.4) is 0 Å². The number of hydrogen-bond acceptors (Lipinski definition) is 3. The third-order valence-electron chi connectivity index (χ3n) is 2.92. The van der Waals surface area contributed by atoms with Crippen molar-refractivity contribution in [2.24, 2.45) is 5.92 Å². The van der Waals surface area contributed by atoms with E-state index in [1.165, 1.54) is 11.8 Å². The summed E-state index contributed by atoms with van der Waals surface area (Å²) < 4.78 is 0. The van der Waals surface area contributed by atoms with E-state index in [1.807, 2.05) is 6.26 Å². The Balaban J connectivity index is 2.23. The molecule has 0 unspecified atom stereocenters. The lowest BCUT2D eigenvalue weighted by atomic mass is 10.0. The van der Waals surface area contributed by atoms with Gasteiger partial charge in [-0.05, 0) is 31.2 Å². The molecule has 0 N–H and O–H groups in total. The number of ketones is 2. The lowest BCUT2D eigenvalue weighted by molar-refractivity contribution is -0.119. The third-order valence-corrected chi connectivity index (χ3v) is 4.67. The number of benzene rings is 1. The summed E-state index contributed by atoms with van der Waals surface area (Å²) in [6, 6.07) is 3.24. The Kier molecular flexibility index (Phi) is 4.36. The molecular formula is C13H12Cl2O2S. The molecule has 0 spiro atoms. The number of carbonyl (C=O) groups excluding carboxylic acids is 2. The molecule has 2 nitrogen and oxygen atoms in total. The topological polar surface area (TPSA) is 34.1 Å². The molecule has 0 radical (unpaired) electrons. The van der Waals surface area contributed by atoms with Crippen LogP contribution < -0.4 is 0 Å². The Hall–Kier alpha value is -0.510. The molecule has 1 fully saturated rings. The highest BCUT2D eigenvalue weighted by atomic mass is 35.5. The molecule has 0 amide bonds. The van der Waals surface area contributed by atoms with E-state index in [4.69, 9.17) is 23.2 Å². The van der Waals surface area contributed by atoms with Crippen LogP contribution in [0.1, 0.15) is 29.6 Å². The molecule has 2 rings (SSSR count). The number of thioether (sulfide) groups is 1. The second-order valence-electron chi connectivity index (χ2n) is 4.28. The minimum absolute atomic E-state index is 0.0316. The van der Waals surface area contributed by atoms with Gasteiger partial charge in [-0.3, -0.25) is 9.59 Å². The van der Waals surface area contributed by atoms with E-state index in [1.54, 1.807) is 12.1 Å². The van der Waals surface area contributed by atoms with Gasteiger partial charge in [-0.15, -0.1) is 11.8 Å². The molecule has 0 aromatic heterocycles. The van der Waals surface area contributed by atoms with E-state index >= 15 is 0 Å². The smallest absolute Gasteiger partial charge is 0.171 e. The van der Waals surface area contributed by atoms with Gasteiger partial charge in [-0.2, -0.15) is 0 Å². The SMILES string of the molecule is CSc1c(C(=O)CC(=O)C2CC2)ccc(Cl)c1Cl. The van der Waals surface area contributed by atoms with E-state index in [-0.39, 0.29) is 23.9 Å². The fourth-order valence-electron chi connectivity index (χ4n) is 1.75. The lowest BCUT2D eigenvalue weighted by Gasteiger charge is -2.09. The first-order valence-corrected chi connectivity index (χ1v) is 7.60. The van der Waals surface area contributed by atoms with Crippen LogP contribution >= 0.6 is 35.0 Å². The van der Waals surface area contributed by atoms with Crippen molar-refractivity contribution in [2.45, 2.75) is 24.2 Å². The Labute approximate surface area is 120 Å². The van der Waals surface area contributed by atoms with E-state index in [2.05, 4.69) is 0 Å². The molecule has 1 aliphatic carbocycles. The normalized spacial score (nSPS) is 14.6. The molecule has 0 bridgehead atoms. The third kappa shape index (κ3) is 2.90. The van der Waals surface area contributed by atoms with Crippen molar-refractivity contribution in [3.8, 4) is 0 Å². The zero-order chi connectivity index (χ0) is 13.3. The summed E-state index contributed by atoms with van der Waals surface area (Å²) in [6.45, 7) is 0. The van der Waals surface area contributed by atoms with Crippen LogP contribution in [0.25, 0.3) is 0 Å². The molecule has 0 heterocycles. The van der Waals surface area contributed by atoms with Crippen LogP contribution in [0.5, 0.6) is 0 Å². The van der Waals surface area contributed by atoms with E-state index in [9.17, 15) is 9.59 Å². The van der Waals surface area contributed by atoms with Gasteiger partial charge in [0.25, 0.3) is 0 Å². The van der Waals surface area contributed by atoms with Gasteiger partial charge in [-0.1, -0.05) is 23.2 Å². The Morgan fingerprint density at radius 2 is 2.00 bits per heavy atom. The van der Waals surface area contributed by atoms with Crippen molar-refractivity contribution in [1.82, 2.24) is 0 Å². The molecule has 1 aromatic rings. The van der Waals surface area contributed by atoms with Crippen LogP contribution in [0.15, 0.2) is 17.0 Å². The number of halogens is 2. The summed E-state index contributed by atoms with van der Waals surface area (Å²) in [4.78, 5) is 24.4. The zero-order valence-electron chi connectivity index (χ0n) is 9.83. The minimum atomic E-state index is -0.171. The van der Waals surface area contributed by atoms with Crippen molar-refractivity contribution in [3.05, 3.63) is 27.7 Å². The Morgan fingerprint density at radius 1 is 1.33 bits per heavy atom. The van der Waals surface area contributed by atoms with Crippen LogP contribution in [0.2, 0.25) is 10.0 Å². The summed E-state index contributed by atoms with van der Waals surface area (Å²) in [5.41, 5.74) is 0.492. The van der Waals surface area contributed by atoms with Gasteiger partial charge >= 0.3 is 0 Å². The summed E-state index contributed by atoms with van der Waals surface area (Å²) in [5.74, 6) is -0.0256. The molecule has 0 aliphatic heterocycles. The Morgan fingerprint density at radius 3 is 2.56 bits per heavy atom. The zero-order valence-corrected chi connectivity index (χ0v) is 12.2. The number of hydrogen-bond donors (Lipinski definition) is 0. The average Bonchev–Trinajstić information content (AvgIpc) is 3.16. The highest BCUT2D eigenvalue weighted by Gasteiger charge is 2.31. The number of rotatable bonds is 5. The molecule has 1 saturated carbocycles. The van der Waals surface area contributed by atoms with E-state index in [0.29, 0.717) is 20.5 Å². The van der Waals surface area contributed by atoms with Gasteiger partial charge in [0.05, 0.1) is 16.5 Å². The first-order valence-electron chi connectivity index (χ1n) is 5.62. The maximum absolute atomic E-state index is 12.1. The first kappa shape index (κ1) is 13.9. The van der Waals surface area contributed by atoms with Gasteiger partial charge in [-0.25, -0.2) is 0 Å². The molecule has 0 saturated heterocycles. The van der Waals surface area contributed by atoms with Crippen molar-refractivity contribution < 1.29 is 9.59 Å². The predicted octanol–water partition coefficient (Wildman–Crippen LogP) is 4.27. The second kappa shape index (κ2) is 5.64. The maximum atomic E-state index is 12.1. The van der Waals surface area contributed by atoms with Crippen LogP contribution in [0, 0.1) is 5.92 Å². The standard InChI is InChI=1S/C13H12Cl2O2S/c1-18-13-8(4-5-9(14)12(13)15)11(17)6-10(16)7-2-3-7/h4-5,7H,2-3,6H2,1H3. The maximum Gasteiger partial charge on any atom is 0.171 e. The predicted molar refractivity (Wildman–Crippen MR) is 74.9 cm³/mol. The van der Waals surface area contributed by atoms with Gasteiger partial charge in [0, 0.05) is 16.4 Å². The minimum Gasteiger partial charge on any atom is -0.299 e. The van der Waals surface area contributed by atoms with Crippen LogP contribution in [-0.2, 0) is 4.79 Å². The van der Waals surface area contributed by atoms with Gasteiger partial charge < -0.3 is 0 Å². The van der Waals surface area contributed by atoms with Gasteiger partial charge in [0.15, 0.2) is 5.78 Å². The molecule has 18 heavy (non-hydrogen) atoms. The molecule has 1 aromatic carbocycles. The quantitative estimate of drug-likeness (QED) is 0.463. The molecule has 0 atom stereocenters. The Bertz CT molecular complexity index is 510. The highest BCUT2D eigenvalue weighted by molar-refractivity contribution is 7.98. The van der Waals surface area contributed by atoms with Crippen molar-refractivity contribution in [1.29, 1.82) is 0 Å². The van der Waals surface area contributed by atoms with Crippen LogP contribution in [-0.4, -0.2) is 17.8 Å². The first-order chi connectivity index (χ1) is 8.54. The summed E-state index contributed by atoms with van der Waals surface area (Å²) in [5, 5.41) is 0.806. The van der Waals surface area contributed by atoms with E-state index in [0.717, 1.165) is 12.8 Å². The van der Waals surface area contributed by atoms with Gasteiger partial charge in [0.1, 0.15) is 5.78 Å². The molecule has 1 aliphatic rings. The molecular weight excluding hydrogens is 291 g/mol. The van der Waals surface area contributed by atoms with Crippen molar-refractivity contribution in [3.63, 3.8) is 0 Å². The largest absolute Gasteiger partial charge is 0.299 e. The average molecular weight is 303 g/mol. The monoisotopic (exact) mass is 302 g/mol. The van der Waals surface area contributed by atoms with Crippen LogP contribution in [0.4, 0.5) is 0 Å². The number of Topliss-reactive ketones (excluding diaryl/α,β-unsaturated/α-hetero) is 2. The highest BCUT2D eigenvalue weighted by Crippen LogP contribution is 2.36. The van der Waals surface area contributed by atoms with Crippen molar-refractivity contribution in [2.75, 3.05) is 6.26 Å². The van der Waals surface area contributed by atoms with E-state index < -0.39 is 0 Å². The fourth-order valence-corrected chi connectivity index (χ4v) is 3.06. The van der Waals surface area contributed by atoms with Gasteiger partial charge in [0.2, 0.25) is 0 Å². The number of carbonyl (C=O) groups is 2. The summed E-state index contributed by atoms with van der Waals surface area (Å²) >= 11 is 13.3. The second-order valence-corrected chi connectivity index (χ2v) is 5.88. The van der Waals surface area contributed by atoms with Crippen molar-refractivity contribution >= 4 is 46.5 Å². The summed E-state index contributed by atoms with van der Waals surface area (Å²) in [7, 11) is 0. The molecule has 96 valence electrons. The fraction of sp³-hybridized carbons (Fsp3) is 0.385. The lowest BCUT2D eigenvalue weighted by Crippen LogP contribution is -2.10. The summed E-state index contributed by atoms with van der Waals surface area (Å²) in [6.07, 6.45) is 3.64.